The lowest BCUT2D eigenvalue weighted by atomic mass is 10.1. The number of hydrogen-bond donors (Lipinski definition) is 4. The fourth-order valence-electron chi connectivity index (χ4n) is 3.99. The van der Waals surface area contributed by atoms with Crippen molar-refractivity contribution >= 4 is 37.5 Å². The number of aliphatic hydroxyl groups excluding tert-OH is 1. The summed E-state index contributed by atoms with van der Waals surface area (Å²) in [6, 6.07) is 7.88. The van der Waals surface area contributed by atoms with Gasteiger partial charge >= 0.3 is 6.18 Å². The quantitative estimate of drug-likeness (QED) is 0.159. The zero-order valence-corrected chi connectivity index (χ0v) is 24.2. The van der Waals surface area contributed by atoms with Crippen LogP contribution < -0.4 is 20.7 Å². The van der Waals surface area contributed by atoms with Gasteiger partial charge in [-0.25, -0.2) is 9.97 Å². The Morgan fingerprint density at radius 1 is 1.14 bits per heavy atom. The second-order valence-corrected chi connectivity index (χ2v) is 10.0. The third-order valence-corrected chi connectivity index (χ3v) is 6.68. The number of aromatic nitrogens is 5. The molecule has 0 aliphatic carbocycles. The third-order valence-electron chi connectivity index (χ3n) is 6.18. The lowest BCUT2D eigenvalue weighted by molar-refractivity contribution is -0.137. The van der Waals surface area contributed by atoms with Crippen LogP contribution in [-0.4, -0.2) is 56.5 Å². The average molecular weight is 617 g/mol. The number of anilines is 4. The first-order valence-corrected chi connectivity index (χ1v) is 13.9. The summed E-state index contributed by atoms with van der Waals surface area (Å²) in [5.41, 5.74) is 0.651. The third kappa shape index (κ3) is 7.62. The van der Waals surface area contributed by atoms with Crippen LogP contribution in [-0.2, 0) is 23.4 Å². The number of aliphatic hydroxyl groups is 1. The van der Waals surface area contributed by atoms with Gasteiger partial charge < -0.3 is 25.8 Å². The van der Waals surface area contributed by atoms with Gasteiger partial charge in [-0.15, -0.1) is 0 Å². The van der Waals surface area contributed by atoms with Gasteiger partial charge in [0.25, 0.3) is 5.91 Å². The number of halogens is 3. The number of methoxy groups -OCH3 is 1. The van der Waals surface area contributed by atoms with Crippen LogP contribution in [0.2, 0.25) is 0 Å². The molecular formula is C27H28F3N8O4P. The standard InChI is InChI=1S/C27H28F3N8O4P/c1-15(13-39)11-38-12-17(9-33-38)19-6-7-21(23(34-19)25(40)31-2)35-24-18(27(28,29)30)10-32-26(37-24)36-20-5-4-16(14-43-41)8-22(20)42-3/h4-10,12,15,39H,11,13-14H2,1-3H3,(H,31,40)(H2,32,35,36,37)/t15-/m1/s1. The minimum absolute atomic E-state index is 0.0169. The van der Waals surface area contributed by atoms with Crippen molar-refractivity contribution in [1.29, 1.82) is 0 Å². The number of nitrogens with zero attached hydrogens (tertiary/aromatic N) is 5. The molecule has 0 bridgehead atoms. The number of amides is 1. The Bertz CT molecular complexity index is 1620. The summed E-state index contributed by atoms with van der Waals surface area (Å²) in [6.07, 6.45) is -0.706. The highest BCUT2D eigenvalue weighted by molar-refractivity contribution is 7.22. The first-order valence-electron chi connectivity index (χ1n) is 12.9. The number of alkyl halides is 3. The van der Waals surface area contributed by atoms with Crippen LogP contribution in [0.15, 0.2) is 48.9 Å². The molecule has 0 aliphatic rings. The summed E-state index contributed by atoms with van der Waals surface area (Å²) in [7, 11) is 2.71. The minimum Gasteiger partial charge on any atom is -0.495 e. The molecule has 1 aromatic carbocycles. The molecule has 43 heavy (non-hydrogen) atoms. The number of benzene rings is 1. The highest BCUT2D eigenvalue weighted by atomic mass is 31.1. The number of nitrogens with one attached hydrogen (secondary N) is 3. The van der Waals surface area contributed by atoms with Crippen molar-refractivity contribution in [2.45, 2.75) is 25.8 Å². The first kappa shape index (κ1) is 31.3. The molecule has 4 rings (SSSR count). The predicted molar refractivity (Wildman–Crippen MR) is 153 cm³/mol. The van der Waals surface area contributed by atoms with Gasteiger partial charge in [0.05, 0.1) is 36.5 Å². The van der Waals surface area contributed by atoms with E-state index in [1.165, 1.54) is 26.3 Å². The zero-order chi connectivity index (χ0) is 31.1. The second-order valence-electron chi connectivity index (χ2n) is 9.44. The Kier molecular flexibility index (Phi) is 9.88. The molecule has 0 unspecified atom stereocenters. The van der Waals surface area contributed by atoms with Crippen LogP contribution in [0.3, 0.4) is 0 Å². The van der Waals surface area contributed by atoms with E-state index in [-0.39, 0.29) is 44.5 Å². The molecule has 3 heterocycles. The van der Waals surface area contributed by atoms with Crippen LogP contribution in [0.4, 0.5) is 36.3 Å². The SMILES string of the molecule is CNC(=O)c1nc(-c2cnn(C[C@@H](C)CO)c2)ccc1Nc1nc(Nc2ccc(CP=O)cc2OC)ncc1C(F)(F)F. The van der Waals surface area contributed by atoms with Crippen LogP contribution >= 0.6 is 8.46 Å². The van der Waals surface area contributed by atoms with Crippen LogP contribution in [0.1, 0.15) is 28.5 Å². The van der Waals surface area contributed by atoms with Gasteiger partial charge in [-0.3, -0.25) is 14.0 Å². The van der Waals surface area contributed by atoms with E-state index in [1.807, 2.05) is 6.92 Å². The van der Waals surface area contributed by atoms with E-state index >= 15 is 0 Å². The summed E-state index contributed by atoms with van der Waals surface area (Å²) in [4.78, 5) is 25.0. The van der Waals surface area contributed by atoms with Gasteiger partial charge in [-0.2, -0.15) is 23.3 Å². The number of rotatable bonds is 12. The number of hydrogen-bond acceptors (Lipinski definition) is 10. The Hall–Kier alpha value is -4.62. The molecule has 12 nitrogen and oxygen atoms in total. The van der Waals surface area contributed by atoms with E-state index in [2.05, 4.69) is 36.0 Å². The Morgan fingerprint density at radius 2 is 1.91 bits per heavy atom. The molecule has 4 N–H and O–H groups in total. The molecule has 1 atom stereocenters. The Morgan fingerprint density at radius 3 is 2.58 bits per heavy atom. The van der Waals surface area contributed by atoms with Gasteiger partial charge in [0.15, 0.2) is 14.2 Å². The molecule has 0 saturated carbocycles. The summed E-state index contributed by atoms with van der Waals surface area (Å²) in [5, 5.41) is 21.5. The summed E-state index contributed by atoms with van der Waals surface area (Å²) >= 11 is 0. The maximum Gasteiger partial charge on any atom is 0.421 e. The van der Waals surface area contributed by atoms with Crippen LogP contribution in [0.5, 0.6) is 5.75 Å². The van der Waals surface area contributed by atoms with Gasteiger partial charge in [0.2, 0.25) is 5.95 Å². The first-order chi connectivity index (χ1) is 20.6. The van der Waals surface area contributed by atoms with Crippen molar-refractivity contribution in [3.05, 3.63) is 65.7 Å². The number of pyridine rings is 1. The number of carbonyl (C=O) groups is 1. The molecule has 16 heteroatoms. The van der Waals surface area contributed by atoms with Gasteiger partial charge in [-0.05, 0) is 35.7 Å². The van der Waals surface area contributed by atoms with Gasteiger partial charge in [0, 0.05) is 38.2 Å². The van der Waals surface area contributed by atoms with Crippen molar-refractivity contribution in [2.24, 2.45) is 5.92 Å². The van der Waals surface area contributed by atoms with Crippen molar-refractivity contribution < 1.29 is 32.4 Å². The summed E-state index contributed by atoms with van der Waals surface area (Å²) in [6.45, 7) is 2.30. The monoisotopic (exact) mass is 616 g/mol. The van der Waals surface area contributed by atoms with Gasteiger partial charge in [0.1, 0.15) is 17.1 Å². The van der Waals surface area contributed by atoms with Gasteiger partial charge in [-0.1, -0.05) is 13.0 Å². The molecule has 0 spiro atoms. The molecule has 0 saturated heterocycles. The fourth-order valence-corrected chi connectivity index (χ4v) is 4.34. The Balaban J connectivity index is 1.70. The molecule has 0 radical (unpaired) electrons. The van der Waals surface area contributed by atoms with Crippen molar-refractivity contribution in [1.82, 2.24) is 30.0 Å². The molecule has 3 aromatic heterocycles. The van der Waals surface area contributed by atoms with Crippen molar-refractivity contribution in [3.8, 4) is 17.0 Å². The maximum atomic E-state index is 14.0. The lowest BCUT2D eigenvalue weighted by Gasteiger charge is -2.17. The fraction of sp³-hybridized carbons (Fsp3) is 0.296. The normalized spacial score (nSPS) is 12.2. The molecule has 4 aromatic rings. The number of ether oxygens (including phenoxy) is 1. The van der Waals surface area contributed by atoms with Crippen molar-refractivity contribution in [2.75, 3.05) is 31.4 Å². The molecule has 1 amide bonds. The molecule has 0 fully saturated rings. The largest absolute Gasteiger partial charge is 0.495 e. The van der Waals surface area contributed by atoms with E-state index in [4.69, 9.17) is 4.74 Å². The van der Waals surface area contributed by atoms with E-state index in [9.17, 15) is 27.6 Å². The predicted octanol–water partition coefficient (Wildman–Crippen LogP) is 5.03. The average Bonchev–Trinajstić information content (AvgIpc) is 3.45. The van der Waals surface area contributed by atoms with E-state index in [1.54, 1.807) is 35.3 Å². The maximum absolute atomic E-state index is 14.0. The minimum atomic E-state index is -4.82. The summed E-state index contributed by atoms with van der Waals surface area (Å²) < 4.78 is 59.8. The zero-order valence-electron chi connectivity index (χ0n) is 23.3. The van der Waals surface area contributed by atoms with Crippen LogP contribution in [0, 0.1) is 5.92 Å². The van der Waals surface area contributed by atoms with Crippen molar-refractivity contribution in [3.63, 3.8) is 0 Å². The molecular weight excluding hydrogens is 588 g/mol. The highest BCUT2D eigenvalue weighted by Gasteiger charge is 2.36. The molecule has 0 aliphatic heterocycles. The lowest BCUT2D eigenvalue weighted by Crippen LogP contribution is -2.21. The van der Waals surface area contributed by atoms with E-state index < -0.39 is 23.5 Å². The van der Waals surface area contributed by atoms with Crippen LogP contribution in [0.25, 0.3) is 11.3 Å². The van der Waals surface area contributed by atoms with E-state index in [0.717, 1.165) is 5.56 Å². The molecule has 226 valence electrons. The smallest absolute Gasteiger partial charge is 0.421 e. The Labute approximate surface area is 245 Å². The van der Waals surface area contributed by atoms with E-state index in [0.29, 0.717) is 35.4 Å². The number of carbonyl (C=O) groups excluding carboxylic acids is 1. The summed E-state index contributed by atoms with van der Waals surface area (Å²) in [5.74, 6) is -1.13. The second kappa shape index (κ2) is 13.6. The topological polar surface area (TPSA) is 156 Å². The highest BCUT2D eigenvalue weighted by Crippen LogP contribution is 2.37.